The lowest BCUT2D eigenvalue weighted by molar-refractivity contribution is 0.218. The van der Waals surface area contributed by atoms with Crippen molar-refractivity contribution < 1.29 is 5.11 Å². The van der Waals surface area contributed by atoms with E-state index in [4.69, 9.17) is 11.6 Å². The number of thiophene rings is 1. The normalized spacial score (nSPS) is 17.5. The first-order valence-electron chi connectivity index (χ1n) is 8.37. The first kappa shape index (κ1) is 18.0. The molecular weight excluding hydrogens is 352 g/mol. The quantitative estimate of drug-likeness (QED) is 0.669. The van der Waals surface area contributed by atoms with Crippen molar-refractivity contribution in [2.75, 3.05) is 0 Å². The van der Waals surface area contributed by atoms with Crippen LogP contribution in [-0.4, -0.2) is 11.3 Å². The second kappa shape index (κ2) is 6.82. The minimum absolute atomic E-state index is 0.126. The monoisotopic (exact) mass is 372 g/mol. The van der Waals surface area contributed by atoms with E-state index in [1.807, 2.05) is 0 Å². The van der Waals surface area contributed by atoms with Gasteiger partial charge in [0, 0.05) is 21.7 Å². The third-order valence-electron chi connectivity index (χ3n) is 4.89. The number of hydrogen-bond acceptors (Lipinski definition) is 4. The van der Waals surface area contributed by atoms with Gasteiger partial charge in [0.15, 0.2) is 0 Å². The van der Waals surface area contributed by atoms with Crippen LogP contribution in [0, 0.1) is 22.7 Å². The Bertz CT molecular complexity index is 871. The summed E-state index contributed by atoms with van der Waals surface area (Å²) in [7, 11) is 0. The Morgan fingerprint density at radius 1 is 1.40 bits per heavy atom. The van der Waals surface area contributed by atoms with Crippen LogP contribution in [0.2, 0.25) is 5.02 Å². The van der Waals surface area contributed by atoms with Crippen molar-refractivity contribution in [2.45, 2.75) is 40.0 Å². The molecule has 25 heavy (non-hydrogen) atoms. The van der Waals surface area contributed by atoms with Crippen LogP contribution >= 0.6 is 22.9 Å². The number of rotatable bonds is 2. The van der Waals surface area contributed by atoms with Crippen molar-refractivity contribution >= 4 is 34.2 Å². The summed E-state index contributed by atoms with van der Waals surface area (Å²) in [5.41, 5.74) is 2.67. The highest BCUT2D eigenvalue weighted by atomic mass is 35.5. The number of nitriles is 1. The molecule has 1 heterocycles. The van der Waals surface area contributed by atoms with E-state index in [2.05, 4.69) is 31.8 Å². The first-order chi connectivity index (χ1) is 11.8. The summed E-state index contributed by atoms with van der Waals surface area (Å²) in [4.78, 5) is 5.78. The summed E-state index contributed by atoms with van der Waals surface area (Å²) in [5, 5.41) is 20.8. The summed E-state index contributed by atoms with van der Waals surface area (Å²) in [6, 6.07) is 7.16. The molecular formula is C20H21ClN2OS. The fourth-order valence-corrected chi connectivity index (χ4v) is 4.68. The summed E-state index contributed by atoms with van der Waals surface area (Å²) in [6.07, 6.45) is 4.64. The molecule has 0 amide bonds. The number of aliphatic imine (C=N–C) groups is 1. The van der Waals surface area contributed by atoms with Crippen molar-refractivity contribution in [3.8, 4) is 11.8 Å². The molecule has 0 bridgehead atoms. The minimum atomic E-state index is 0.126. The molecule has 1 N–H and O–H groups in total. The van der Waals surface area contributed by atoms with Crippen LogP contribution in [0.5, 0.6) is 5.75 Å². The molecule has 1 aromatic heterocycles. The van der Waals surface area contributed by atoms with Crippen LogP contribution in [0.4, 0.5) is 5.00 Å². The molecule has 0 spiro atoms. The van der Waals surface area contributed by atoms with Gasteiger partial charge in [-0.05, 0) is 54.4 Å². The molecule has 3 rings (SSSR count). The molecule has 5 heteroatoms. The molecule has 0 saturated carbocycles. The van der Waals surface area contributed by atoms with Gasteiger partial charge in [-0.25, -0.2) is 4.99 Å². The number of halogens is 1. The summed E-state index contributed by atoms with van der Waals surface area (Å²) < 4.78 is 0. The number of fused-ring (bicyclic) bond motifs is 1. The van der Waals surface area contributed by atoms with Crippen molar-refractivity contribution in [2.24, 2.45) is 16.3 Å². The molecule has 0 aliphatic heterocycles. The van der Waals surface area contributed by atoms with Gasteiger partial charge in [0.1, 0.15) is 16.8 Å². The molecule has 0 fully saturated rings. The maximum atomic E-state index is 9.91. The summed E-state index contributed by atoms with van der Waals surface area (Å²) in [5.74, 6) is 0.750. The standard InChI is InChI=1S/C20H21ClN2OS/c1-20(2,3)13-4-6-15-16(10-22)19(25-18(15)9-13)23-11-12-8-14(21)5-7-17(12)24/h5,7-8,11,13,24H,4,6,9H2,1-3H3/t13-/m0/s1. The maximum absolute atomic E-state index is 9.91. The predicted octanol–water partition coefficient (Wildman–Crippen LogP) is 5.88. The molecule has 1 atom stereocenters. The van der Waals surface area contributed by atoms with Crippen LogP contribution < -0.4 is 0 Å². The Morgan fingerprint density at radius 2 is 2.16 bits per heavy atom. The molecule has 2 aromatic rings. The zero-order valence-electron chi connectivity index (χ0n) is 14.6. The van der Waals surface area contributed by atoms with Crippen molar-refractivity contribution in [3.63, 3.8) is 0 Å². The van der Waals surface area contributed by atoms with E-state index in [9.17, 15) is 10.4 Å². The Hall–Kier alpha value is -1.83. The molecule has 0 radical (unpaired) electrons. The van der Waals surface area contributed by atoms with E-state index >= 15 is 0 Å². The number of phenols is 1. The Labute approximate surface area is 157 Å². The molecule has 0 saturated heterocycles. The van der Waals surface area contributed by atoms with Gasteiger partial charge in [-0.3, -0.25) is 0 Å². The van der Waals surface area contributed by atoms with E-state index in [-0.39, 0.29) is 11.2 Å². The highest BCUT2D eigenvalue weighted by molar-refractivity contribution is 7.16. The lowest BCUT2D eigenvalue weighted by atomic mass is 9.72. The second-order valence-electron chi connectivity index (χ2n) is 7.56. The van der Waals surface area contributed by atoms with Crippen molar-refractivity contribution in [1.82, 2.24) is 0 Å². The average molecular weight is 373 g/mol. The van der Waals surface area contributed by atoms with E-state index in [1.54, 1.807) is 35.8 Å². The van der Waals surface area contributed by atoms with Crippen LogP contribution in [0.15, 0.2) is 23.2 Å². The van der Waals surface area contributed by atoms with Crippen molar-refractivity contribution in [3.05, 3.63) is 44.8 Å². The van der Waals surface area contributed by atoms with Crippen LogP contribution in [0.25, 0.3) is 0 Å². The van der Waals surface area contributed by atoms with Gasteiger partial charge in [0.05, 0.1) is 5.56 Å². The highest BCUT2D eigenvalue weighted by Gasteiger charge is 2.32. The van der Waals surface area contributed by atoms with Crippen LogP contribution in [0.3, 0.4) is 0 Å². The number of phenolic OH excluding ortho intramolecular Hbond substituents is 1. The number of nitrogens with zero attached hydrogens (tertiary/aromatic N) is 2. The van der Waals surface area contributed by atoms with E-state index in [0.29, 0.717) is 22.1 Å². The zero-order chi connectivity index (χ0) is 18.2. The van der Waals surface area contributed by atoms with Gasteiger partial charge < -0.3 is 5.11 Å². The summed E-state index contributed by atoms with van der Waals surface area (Å²) >= 11 is 7.58. The number of aromatic hydroxyl groups is 1. The highest BCUT2D eigenvalue weighted by Crippen LogP contribution is 2.44. The molecule has 130 valence electrons. The Kier molecular flexibility index (Phi) is 4.90. The number of hydrogen-bond donors (Lipinski definition) is 1. The van der Waals surface area contributed by atoms with E-state index < -0.39 is 0 Å². The Morgan fingerprint density at radius 3 is 2.84 bits per heavy atom. The third kappa shape index (κ3) is 3.73. The molecule has 1 aliphatic rings. The van der Waals surface area contributed by atoms with Gasteiger partial charge in [0.2, 0.25) is 0 Å². The second-order valence-corrected chi connectivity index (χ2v) is 9.08. The van der Waals surface area contributed by atoms with E-state index in [0.717, 1.165) is 29.8 Å². The lowest BCUT2D eigenvalue weighted by Crippen LogP contribution is -2.26. The van der Waals surface area contributed by atoms with Gasteiger partial charge >= 0.3 is 0 Å². The van der Waals surface area contributed by atoms with Gasteiger partial charge in [-0.2, -0.15) is 5.26 Å². The largest absolute Gasteiger partial charge is 0.507 e. The zero-order valence-corrected chi connectivity index (χ0v) is 16.2. The minimum Gasteiger partial charge on any atom is -0.507 e. The molecule has 1 aromatic carbocycles. The van der Waals surface area contributed by atoms with Crippen molar-refractivity contribution in [1.29, 1.82) is 5.26 Å². The van der Waals surface area contributed by atoms with Crippen LogP contribution in [0.1, 0.15) is 48.8 Å². The summed E-state index contributed by atoms with van der Waals surface area (Å²) in [6.45, 7) is 6.84. The maximum Gasteiger partial charge on any atom is 0.134 e. The molecule has 3 nitrogen and oxygen atoms in total. The SMILES string of the molecule is CC(C)(C)[C@H]1CCc2c(sc(N=Cc3cc(Cl)ccc3O)c2C#N)C1. The lowest BCUT2D eigenvalue weighted by Gasteiger charge is -2.33. The van der Waals surface area contributed by atoms with Gasteiger partial charge in [-0.15, -0.1) is 11.3 Å². The topological polar surface area (TPSA) is 56.4 Å². The number of benzene rings is 1. The third-order valence-corrected chi connectivity index (χ3v) is 6.29. The van der Waals surface area contributed by atoms with Gasteiger partial charge in [-0.1, -0.05) is 32.4 Å². The molecule has 0 unspecified atom stereocenters. The smallest absolute Gasteiger partial charge is 0.134 e. The van der Waals surface area contributed by atoms with E-state index in [1.165, 1.54) is 4.88 Å². The van der Waals surface area contributed by atoms with Gasteiger partial charge in [0.25, 0.3) is 0 Å². The fourth-order valence-electron chi connectivity index (χ4n) is 3.27. The fraction of sp³-hybridized carbons (Fsp3) is 0.400. The average Bonchev–Trinajstić information content (AvgIpc) is 2.91. The Balaban J connectivity index is 1.94. The predicted molar refractivity (Wildman–Crippen MR) is 104 cm³/mol. The first-order valence-corrected chi connectivity index (χ1v) is 9.56. The molecule has 1 aliphatic carbocycles. The van der Waals surface area contributed by atoms with Crippen LogP contribution in [-0.2, 0) is 12.8 Å².